The molecule has 0 spiro atoms. The molecule has 1 aromatic rings. The van der Waals surface area contributed by atoms with Gasteiger partial charge in [-0.25, -0.2) is 4.39 Å². The molecule has 1 aliphatic rings. The molecule has 0 saturated carbocycles. The maximum Gasteiger partial charge on any atom is 0.228 e. The van der Waals surface area contributed by atoms with Crippen LogP contribution in [-0.2, 0) is 16.1 Å². The van der Waals surface area contributed by atoms with E-state index in [-0.39, 0.29) is 18.1 Å². The topological polar surface area (TPSA) is 56.6 Å². The summed E-state index contributed by atoms with van der Waals surface area (Å²) in [6, 6.07) is 5.35. The Kier molecular flexibility index (Phi) is 5.97. The fraction of sp³-hybridized carbons (Fsp3) is 0.529. The lowest BCUT2D eigenvalue weighted by Gasteiger charge is -2.42. The Balaban J connectivity index is 2.14. The number of carbonyl (C=O) groups is 1. The highest BCUT2D eigenvalue weighted by atomic mass is 79.9. The number of benzene rings is 1. The van der Waals surface area contributed by atoms with Gasteiger partial charge in [-0.3, -0.25) is 4.79 Å². The summed E-state index contributed by atoms with van der Waals surface area (Å²) in [4.78, 5) is 19.4. The predicted octanol–water partition coefficient (Wildman–Crippen LogP) is 2.82. The van der Waals surface area contributed by atoms with E-state index in [1.807, 2.05) is 0 Å². The number of hydroxylamine groups is 2. The zero-order chi connectivity index (χ0) is 17.9. The van der Waals surface area contributed by atoms with Crippen LogP contribution in [0.1, 0.15) is 24.0 Å². The summed E-state index contributed by atoms with van der Waals surface area (Å²) in [5.74, 6) is -0.499. The zero-order valence-corrected chi connectivity index (χ0v) is 15.7. The van der Waals surface area contributed by atoms with E-state index >= 15 is 0 Å². The molecule has 1 saturated heterocycles. The normalized spacial score (nSPS) is 17.3. The zero-order valence-electron chi connectivity index (χ0n) is 14.1. The van der Waals surface area contributed by atoms with Gasteiger partial charge in [0, 0.05) is 20.1 Å². The molecule has 1 fully saturated rings. The Hall–Kier alpha value is -1.49. The molecule has 0 aliphatic carbocycles. The van der Waals surface area contributed by atoms with Crippen molar-refractivity contribution in [2.45, 2.75) is 31.7 Å². The van der Waals surface area contributed by atoms with Crippen LogP contribution >= 0.6 is 15.9 Å². The van der Waals surface area contributed by atoms with Gasteiger partial charge in [0.25, 0.3) is 0 Å². The van der Waals surface area contributed by atoms with Crippen LogP contribution < -0.4 is 0 Å². The first kappa shape index (κ1) is 18.8. The molecule has 130 valence electrons. The van der Waals surface area contributed by atoms with Crippen LogP contribution in [0, 0.1) is 24.1 Å². The molecule has 2 rings (SSSR count). The van der Waals surface area contributed by atoms with Crippen LogP contribution in [0.25, 0.3) is 0 Å². The summed E-state index contributed by atoms with van der Waals surface area (Å²) in [6.45, 7) is 2.97. The lowest BCUT2D eigenvalue weighted by atomic mass is 9.87. The molecular weight excluding hydrogens is 377 g/mol. The number of hydrogen-bond donors (Lipinski definition) is 0. The van der Waals surface area contributed by atoms with E-state index in [2.05, 4.69) is 22.0 Å². The second kappa shape index (κ2) is 7.60. The Labute approximate surface area is 150 Å². The van der Waals surface area contributed by atoms with Crippen LogP contribution in [0.2, 0.25) is 0 Å². The number of hydrogen-bond acceptors (Lipinski definition) is 4. The number of piperidine rings is 1. The van der Waals surface area contributed by atoms with Crippen molar-refractivity contribution in [1.82, 2.24) is 9.96 Å². The number of carbonyl (C=O) groups excluding carboxylic acids is 1. The average Bonchev–Trinajstić information content (AvgIpc) is 2.59. The number of halogens is 2. The average molecular weight is 398 g/mol. The van der Waals surface area contributed by atoms with Gasteiger partial charge in [0.05, 0.1) is 24.1 Å². The van der Waals surface area contributed by atoms with Crippen LogP contribution in [0.15, 0.2) is 16.6 Å². The summed E-state index contributed by atoms with van der Waals surface area (Å²) in [7, 11) is 3.27. The van der Waals surface area contributed by atoms with Gasteiger partial charge < -0.3 is 9.74 Å². The molecule has 0 N–H and O–H groups in total. The van der Waals surface area contributed by atoms with Gasteiger partial charge in [-0.1, -0.05) is 0 Å². The number of nitriles is 1. The Morgan fingerprint density at radius 3 is 2.67 bits per heavy atom. The summed E-state index contributed by atoms with van der Waals surface area (Å²) in [6.07, 6.45) is 1.20. The van der Waals surface area contributed by atoms with Gasteiger partial charge >= 0.3 is 0 Å². The highest BCUT2D eigenvalue weighted by molar-refractivity contribution is 9.10. The van der Waals surface area contributed by atoms with Crippen molar-refractivity contribution < 1.29 is 14.0 Å². The van der Waals surface area contributed by atoms with Crippen molar-refractivity contribution in [1.29, 1.82) is 5.26 Å². The lowest BCUT2D eigenvalue weighted by Crippen LogP contribution is -2.55. The fourth-order valence-electron chi connectivity index (χ4n) is 2.96. The molecule has 1 heterocycles. The smallest absolute Gasteiger partial charge is 0.228 e. The van der Waals surface area contributed by atoms with Crippen LogP contribution in [0.4, 0.5) is 4.39 Å². The molecule has 24 heavy (non-hydrogen) atoms. The maximum absolute atomic E-state index is 13.5. The highest BCUT2D eigenvalue weighted by Gasteiger charge is 2.41. The Morgan fingerprint density at radius 2 is 2.12 bits per heavy atom. The van der Waals surface area contributed by atoms with Crippen LogP contribution in [0.5, 0.6) is 0 Å². The monoisotopic (exact) mass is 397 g/mol. The molecule has 1 amide bonds. The van der Waals surface area contributed by atoms with Crippen molar-refractivity contribution in [2.24, 2.45) is 0 Å². The standard InChI is InChI=1S/C17H21BrFN3O2/c1-12-8-15(19)14(18)9-13(12)10-16(23)21(2)17(11-20)4-6-22(24-3)7-5-17/h8-9H,4-7,10H2,1-3H3. The second-order valence-electron chi connectivity index (χ2n) is 6.08. The minimum atomic E-state index is -0.822. The molecule has 0 atom stereocenters. The van der Waals surface area contributed by atoms with Gasteiger partial charge in [-0.2, -0.15) is 10.3 Å². The molecule has 1 aliphatic heterocycles. The quantitative estimate of drug-likeness (QED) is 0.783. The van der Waals surface area contributed by atoms with Gasteiger partial charge in [-0.15, -0.1) is 0 Å². The second-order valence-corrected chi connectivity index (χ2v) is 6.93. The third kappa shape index (κ3) is 3.77. The van der Waals surface area contributed by atoms with Gasteiger partial charge in [0.15, 0.2) is 0 Å². The number of amides is 1. The third-order valence-corrected chi connectivity index (χ3v) is 5.36. The van der Waals surface area contributed by atoms with Gasteiger partial charge in [0.2, 0.25) is 5.91 Å². The van der Waals surface area contributed by atoms with Crippen molar-refractivity contribution in [3.05, 3.63) is 33.5 Å². The number of rotatable bonds is 4. The molecule has 1 aromatic carbocycles. The molecule has 0 bridgehead atoms. The predicted molar refractivity (Wildman–Crippen MR) is 91.5 cm³/mol. The lowest BCUT2D eigenvalue weighted by molar-refractivity contribution is -0.161. The minimum absolute atomic E-state index is 0.138. The molecule has 0 aromatic heterocycles. The minimum Gasteiger partial charge on any atom is -0.327 e. The number of aryl methyl sites for hydroxylation is 1. The summed E-state index contributed by atoms with van der Waals surface area (Å²) >= 11 is 3.15. The summed E-state index contributed by atoms with van der Waals surface area (Å²) in [5.41, 5.74) is 0.650. The van der Waals surface area contributed by atoms with E-state index < -0.39 is 5.54 Å². The molecule has 5 nitrogen and oxygen atoms in total. The van der Waals surface area contributed by atoms with E-state index in [4.69, 9.17) is 4.84 Å². The molecule has 0 unspecified atom stereocenters. The van der Waals surface area contributed by atoms with Gasteiger partial charge in [-0.05, 0) is 59.0 Å². The van der Waals surface area contributed by atoms with E-state index in [1.54, 1.807) is 32.2 Å². The molecule has 0 radical (unpaired) electrons. The number of likely N-dealkylation sites (N-methyl/N-ethyl adjacent to an activating group) is 1. The summed E-state index contributed by atoms with van der Waals surface area (Å²) in [5, 5.41) is 11.4. The van der Waals surface area contributed by atoms with Crippen LogP contribution in [0.3, 0.4) is 0 Å². The largest absolute Gasteiger partial charge is 0.327 e. The van der Waals surface area contributed by atoms with E-state index in [0.29, 0.717) is 30.4 Å². The first-order valence-electron chi connectivity index (χ1n) is 7.74. The Bertz CT molecular complexity index is 667. The SMILES string of the molecule is CON1CCC(C#N)(N(C)C(=O)Cc2cc(Br)c(F)cc2C)CC1. The van der Waals surface area contributed by atoms with Crippen molar-refractivity contribution in [2.75, 3.05) is 27.2 Å². The molecular formula is C17H21BrFN3O2. The summed E-state index contributed by atoms with van der Waals surface area (Å²) < 4.78 is 13.9. The fourth-order valence-corrected chi connectivity index (χ4v) is 3.35. The van der Waals surface area contributed by atoms with E-state index in [0.717, 1.165) is 11.1 Å². The van der Waals surface area contributed by atoms with Crippen molar-refractivity contribution >= 4 is 21.8 Å². The van der Waals surface area contributed by atoms with Crippen molar-refractivity contribution in [3.63, 3.8) is 0 Å². The highest BCUT2D eigenvalue weighted by Crippen LogP contribution is 2.29. The van der Waals surface area contributed by atoms with E-state index in [9.17, 15) is 14.4 Å². The molecule has 7 heteroatoms. The van der Waals surface area contributed by atoms with Crippen LogP contribution in [-0.4, -0.2) is 48.7 Å². The third-order valence-electron chi connectivity index (χ3n) is 4.75. The number of nitrogens with zero attached hydrogens (tertiary/aromatic N) is 3. The first-order chi connectivity index (χ1) is 11.3. The Morgan fingerprint density at radius 1 is 1.50 bits per heavy atom. The van der Waals surface area contributed by atoms with E-state index in [1.165, 1.54) is 11.0 Å². The van der Waals surface area contributed by atoms with Gasteiger partial charge in [0.1, 0.15) is 11.4 Å². The maximum atomic E-state index is 13.5. The van der Waals surface area contributed by atoms with Crippen molar-refractivity contribution in [3.8, 4) is 6.07 Å². The first-order valence-corrected chi connectivity index (χ1v) is 8.54.